The van der Waals surface area contributed by atoms with Crippen molar-refractivity contribution in [3.63, 3.8) is 0 Å². The molecule has 14 heteroatoms. The minimum atomic E-state index is -1.08. The Kier molecular flexibility index (Phi) is 13.9. The molecule has 0 aliphatic rings. The first kappa shape index (κ1) is 46.7. The third-order valence-corrected chi connectivity index (χ3v) is 11.2. The van der Waals surface area contributed by atoms with E-state index in [9.17, 15) is 32.3 Å². The molecular formula is C53H46F4N4O6. The number of aromatic nitrogens is 2. The molecule has 10 nitrogen and oxygen atoms in total. The van der Waals surface area contributed by atoms with Crippen molar-refractivity contribution in [3.8, 4) is 45.4 Å². The number of nitrogens with two attached hydrogens (primary N) is 2. The number of carboxylic acid groups (broad SMARTS) is 1. The van der Waals surface area contributed by atoms with E-state index < -0.39 is 23.6 Å². The third-order valence-electron chi connectivity index (χ3n) is 11.2. The first-order valence-corrected chi connectivity index (χ1v) is 20.9. The molecule has 0 saturated heterocycles. The first-order chi connectivity index (χ1) is 32.0. The van der Waals surface area contributed by atoms with Crippen molar-refractivity contribution in [1.29, 1.82) is 0 Å². The fourth-order valence-corrected chi connectivity index (χ4v) is 7.57. The average Bonchev–Trinajstić information content (AvgIpc) is 3.89. The van der Waals surface area contributed by atoms with Crippen LogP contribution in [0.4, 0.5) is 28.9 Å². The van der Waals surface area contributed by atoms with Gasteiger partial charge in [-0.1, -0.05) is 24.3 Å². The number of hydrogen-bond acceptors (Lipinski definition) is 7. The quantitative estimate of drug-likeness (QED) is 0.0624. The molecule has 0 aliphatic carbocycles. The maximum atomic E-state index is 14.3. The number of nitrogens with zero attached hydrogens (tertiary/aromatic N) is 2. The summed E-state index contributed by atoms with van der Waals surface area (Å²) in [6.07, 6.45) is 0. The van der Waals surface area contributed by atoms with Gasteiger partial charge in [0.05, 0.1) is 29.6 Å². The molecule has 2 aromatic heterocycles. The monoisotopic (exact) mass is 910 g/mol. The van der Waals surface area contributed by atoms with Gasteiger partial charge in [0.15, 0.2) is 0 Å². The fraction of sp³-hybridized carbons (Fsp3) is 0.132. The van der Waals surface area contributed by atoms with Gasteiger partial charge in [-0.25, -0.2) is 27.2 Å². The molecule has 0 saturated carbocycles. The molecule has 0 fully saturated rings. The number of aromatic carboxylic acids is 1. The number of carbonyl (C=O) groups excluding carboxylic acids is 1. The van der Waals surface area contributed by atoms with Crippen molar-refractivity contribution < 1.29 is 46.5 Å². The molecule has 0 unspecified atom stereocenters. The van der Waals surface area contributed by atoms with Crippen LogP contribution in [-0.4, -0.2) is 33.3 Å². The molecule has 8 aromatic rings. The molecule has 0 spiro atoms. The summed E-state index contributed by atoms with van der Waals surface area (Å²) in [6.45, 7) is 7.51. The van der Waals surface area contributed by atoms with Gasteiger partial charge in [0.25, 0.3) is 0 Å². The molecule has 5 N–H and O–H groups in total. The summed E-state index contributed by atoms with van der Waals surface area (Å²) in [5.41, 5.74) is 21.3. The van der Waals surface area contributed by atoms with Crippen LogP contribution in [0.25, 0.3) is 33.9 Å². The molecule has 0 atom stereocenters. The molecule has 0 radical (unpaired) electrons. The molecular weight excluding hydrogens is 865 g/mol. The summed E-state index contributed by atoms with van der Waals surface area (Å²) in [6, 6.07) is 34.5. The van der Waals surface area contributed by atoms with E-state index >= 15 is 0 Å². The summed E-state index contributed by atoms with van der Waals surface area (Å²) in [5, 5.41) is 9.59. The van der Waals surface area contributed by atoms with Crippen molar-refractivity contribution >= 4 is 23.3 Å². The summed E-state index contributed by atoms with van der Waals surface area (Å²) in [5.74, 6) is -2.23. The van der Waals surface area contributed by atoms with E-state index in [1.165, 1.54) is 61.7 Å². The number of carboxylic acids is 1. The second-order valence-corrected chi connectivity index (χ2v) is 15.7. The minimum Gasteiger partial charge on any atom is -0.488 e. The average molecular weight is 911 g/mol. The summed E-state index contributed by atoms with van der Waals surface area (Å²) in [4.78, 5) is 24.0. The second kappa shape index (κ2) is 19.9. The fourth-order valence-electron chi connectivity index (χ4n) is 7.57. The molecule has 0 aliphatic heterocycles. The van der Waals surface area contributed by atoms with E-state index in [0.29, 0.717) is 73.5 Å². The topological polar surface area (TPSA) is 144 Å². The van der Waals surface area contributed by atoms with Gasteiger partial charge in [0, 0.05) is 45.3 Å². The predicted molar refractivity (Wildman–Crippen MR) is 250 cm³/mol. The van der Waals surface area contributed by atoms with Gasteiger partial charge in [-0.3, -0.25) is 0 Å². The number of benzene rings is 6. The Morgan fingerprint density at radius 1 is 0.522 bits per heavy atom. The van der Waals surface area contributed by atoms with Crippen molar-refractivity contribution in [2.75, 3.05) is 18.6 Å². The van der Waals surface area contributed by atoms with Crippen LogP contribution in [0, 0.1) is 51.0 Å². The van der Waals surface area contributed by atoms with Crippen LogP contribution >= 0.6 is 0 Å². The highest BCUT2D eigenvalue weighted by Crippen LogP contribution is 2.38. The number of halogens is 4. The van der Waals surface area contributed by atoms with Crippen LogP contribution < -0.4 is 20.9 Å². The summed E-state index contributed by atoms with van der Waals surface area (Å²) in [7, 11) is 1.31. The molecule has 6 aromatic carbocycles. The predicted octanol–water partition coefficient (Wildman–Crippen LogP) is 11.9. The molecule has 342 valence electrons. The summed E-state index contributed by atoms with van der Waals surface area (Å²) >= 11 is 0. The molecule has 0 bridgehead atoms. The van der Waals surface area contributed by atoms with Crippen LogP contribution in [0.3, 0.4) is 0 Å². The van der Waals surface area contributed by atoms with E-state index in [-0.39, 0.29) is 30.4 Å². The zero-order valence-corrected chi connectivity index (χ0v) is 37.2. The van der Waals surface area contributed by atoms with Crippen LogP contribution in [-0.2, 0) is 18.0 Å². The van der Waals surface area contributed by atoms with Gasteiger partial charge >= 0.3 is 11.9 Å². The first-order valence-electron chi connectivity index (χ1n) is 20.9. The number of rotatable bonds is 12. The smallest absolute Gasteiger partial charge is 0.338 e. The minimum absolute atomic E-state index is 0.0936. The largest absolute Gasteiger partial charge is 0.488 e. The SMILES string of the molecule is COC(=O)c1cc(-n2c(C)ccc2-c2cc(F)ccc2OCc2ccc(F)cc2)cc(N)c1C.Cc1c(N)cc(-n2c(C)ccc2-c2cc(F)ccc2OCc2ccc(F)cc2)cc1C(=O)O. The van der Waals surface area contributed by atoms with E-state index in [1.54, 1.807) is 68.4 Å². The molecule has 0 amide bonds. The van der Waals surface area contributed by atoms with Gasteiger partial charge < -0.3 is 39.9 Å². The Labute approximate surface area is 384 Å². The summed E-state index contributed by atoms with van der Waals surface area (Å²) < 4.78 is 75.5. The lowest BCUT2D eigenvalue weighted by Gasteiger charge is -2.18. The zero-order valence-electron chi connectivity index (χ0n) is 37.2. The maximum absolute atomic E-state index is 14.3. The number of hydrogen-bond donors (Lipinski definition) is 3. The van der Waals surface area contributed by atoms with E-state index in [2.05, 4.69) is 0 Å². The Bertz CT molecular complexity index is 3130. The lowest BCUT2D eigenvalue weighted by Crippen LogP contribution is -2.09. The Hall–Kier alpha value is -8.26. The number of nitrogen functional groups attached to an aromatic ring is 2. The highest BCUT2D eigenvalue weighted by atomic mass is 19.1. The van der Waals surface area contributed by atoms with Crippen LogP contribution in [0.1, 0.15) is 54.4 Å². The number of ether oxygens (including phenoxy) is 3. The zero-order chi connectivity index (χ0) is 48.1. The van der Waals surface area contributed by atoms with Crippen molar-refractivity contribution in [1.82, 2.24) is 9.13 Å². The highest BCUT2D eigenvalue weighted by Gasteiger charge is 2.21. The van der Waals surface area contributed by atoms with Gasteiger partial charge in [0.2, 0.25) is 0 Å². The molecule has 67 heavy (non-hydrogen) atoms. The Balaban J connectivity index is 0.000000199. The van der Waals surface area contributed by atoms with Gasteiger partial charge in [-0.15, -0.1) is 0 Å². The van der Waals surface area contributed by atoms with Crippen LogP contribution in [0.2, 0.25) is 0 Å². The lowest BCUT2D eigenvalue weighted by atomic mass is 10.0. The van der Waals surface area contributed by atoms with Gasteiger partial charge in [-0.05, 0) is 159 Å². The van der Waals surface area contributed by atoms with E-state index in [1.807, 2.05) is 47.2 Å². The van der Waals surface area contributed by atoms with Gasteiger partial charge in [-0.2, -0.15) is 0 Å². The van der Waals surface area contributed by atoms with Crippen LogP contribution in [0.5, 0.6) is 11.5 Å². The van der Waals surface area contributed by atoms with Crippen molar-refractivity contribution in [2.24, 2.45) is 0 Å². The van der Waals surface area contributed by atoms with Crippen molar-refractivity contribution in [2.45, 2.75) is 40.9 Å². The van der Waals surface area contributed by atoms with E-state index in [0.717, 1.165) is 22.5 Å². The van der Waals surface area contributed by atoms with E-state index in [4.69, 9.17) is 25.7 Å². The normalized spacial score (nSPS) is 10.9. The number of esters is 1. The standard InChI is InChI=1S/C27H24F2N2O3.C26H22F2N2O3/c1-16-4-10-25(31(16)21-13-22(27(32)33-3)17(2)24(30)14-21)23-12-20(29)9-11-26(23)34-15-18-5-7-19(28)8-6-18;1-15-3-9-24(30(15)20-12-21(26(31)32)16(2)23(29)13-20)22-11-19(28)8-10-25(22)33-14-17-4-6-18(27)7-5-17/h4-14H,15,30H2,1-3H3;3-13H,14,29H2,1-2H3,(H,31,32). The molecule has 8 rings (SSSR count). The Morgan fingerprint density at radius 3 is 1.31 bits per heavy atom. The highest BCUT2D eigenvalue weighted by molar-refractivity contribution is 5.94. The Morgan fingerprint density at radius 2 is 0.910 bits per heavy atom. The number of methoxy groups -OCH3 is 1. The second-order valence-electron chi connectivity index (χ2n) is 15.7. The number of aryl methyl sites for hydroxylation is 2. The van der Waals surface area contributed by atoms with Gasteiger partial charge in [0.1, 0.15) is 48.0 Å². The number of carbonyl (C=O) groups is 2. The maximum Gasteiger partial charge on any atom is 0.338 e. The van der Waals surface area contributed by atoms with Crippen LogP contribution in [0.15, 0.2) is 133 Å². The lowest BCUT2D eigenvalue weighted by molar-refractivity contribution is 0.0599. The molecule has 2 heterocycles. The number of anilines is 2. The van der Waals surface area contributed by atoms with Crippen molar-refractivity contribution in [3.05, 3.63) is 201 Å². The third kappa shape index (κ3) is 10.3.